The molecule has 0 aliphatic heterocycles. The molecule has 0 unspecified atom stereocenters. The number of rotatable bonds is 8. The Morgan fingerprint density at radius 2 is 1.91 bits per heavy atom. The lowest BCUT2D eigenvalue weighted by Crippen LogP contribution is -2.44. The molecule has 1 atom stereocenters. The van der Waals surface area contributed by atoms with Crippen molar-refractivity contribution in [2.75, 3.05) is 4.72 Å². The number of hydrogen-bond acceptors (Lipinski definition) is 6. The van der Waals surface area contributed by atoms with E-state index in [0.29, 0.717) is 12.1 Å². The molecule has 10 heteroatoms. The summed E-state index contributed by atoms with van der Waals surface area (Å²) in [4.78, 5) is 17.2. The van der Waals surface area contributed by atoms with Crippen LogP contribution >= 0.6 is 11.3 Å². The Hall–Kier alpha value is -2.69. The minimum absolute atomic E-state index is 0.229. The Kier molecular flexibility index (Phi) is 8.59. The minimum atomic E-state index is -4.35. The highest BCUT2D eigenvalue weighted by Crippen LogP contribution is 2.20. The summed E-state index contributed by atoms with van der Waals surface area (Å²) >= 11 is 1.58. The lowest BCUT2D eigenvalue weighted by atomic mass is 10.0. The Morgan fingerprint density at radius 1 is 1.25 bits per heavy atom. The molecule has 0 radical (unpaired) electrons. The van der Waals surface area contributed by atoms with Crippen LogP contribution in [0, 0.1) is 0 Å². The quantitative estimate of drug-likeness (QED) is 0.367. The number of benzene rings is 1. The van der Waals surface area contributed by atoms with E-state index in [2.05, 4.69) is 5.32 Å². The Balaban J connectivity index is 2.27. The first-order chi connectivity index (χ1) is 14.9. The van der Waals surface area contributed by atoms with Gasteiger partial charge in [-0.25, -0.2) is 4.79 Å². The first kappa shape index (κ1) is 25.6. The molecular formula is C22H29N3O5S2. The van der Waals surface area contributed by atoms with E-state index in [0.717, 1.165) is 16.8 Å². The molecule has 2 aromatic rings. The van der Waals surface area contributed by atoms with Gasteiger partial charge in [-0.2, -0.15) is 19.8 Å². The molecule has 1 aromatic carbocycles. The maximum Gasteiger partial charge on any atom is 0.408 e. The third-order valence-electron chi connectivity index (χ3n) is 4.22. The number of alkyl carbamates (subject to hydrolysis) is 1. The number of thiophene rings is 1. The van der Waals surface area contributed by atoms with Crippen LogP contribution < -0.4 is 10.0 Å². The van der Waals surface area contributed by atoms with Crippen LogP contribution in [-0.4, -0.2) is 36.4 Å². The Bertz CT molecular complexity index is 1070. The van der Waals surface area contributed by atoms with Crippen LogP contribution in [0.25, 0.3) is 5.70 Å². The standard InChI is InChI=1S/C22H29N3O5S2/c1-6-19(17-11-12-31-14-17)23-15(2)20(24-21(26)30-22(3,4)5)13-16-7-9-18(10-8-16)25-32(27,28)29/h6-12,14,20,25H,13H2,1-5H3,(H,24,26)(H,27,28,29)/b19-6-,23-15?/t20-/m0/s1. The van der Waals surface area contributed by atoms with E-state index in [1.807, 2.05) is 41.5 Å². The summed E-state index contributed by atoms with van der Waals surface area (Å²) in [6.45, 7) is 9.11. The van der Waals surface area contributed by atoms with Crippen molar-refractivity contribution in [3.05, 3.63) is 58.3 Å². The summed E-state index contributed by atoms with van der Waals surface area (Å²) in [6.07, 6.45) is 1.76. The molecule has 0 bridgehead atoms. The molecule has 0 fully saturated rings. The van der Waals surface area contributed by atoms with Crippen molar-refractivity contribution in [3.8, 4) is 0 Å². The number of aliphatic imine (C=N–C) groups is 1. The normalized spacial score (nSPS) is 14.1. The number of hydrogen-bond donors (Lipinski definition) is 3. The van der Waals surface area contributed by atoms with E-state index in [4.69, 9.17) is 14.3 Å². The van der Waals surface area contributed by atoms with E-state index < -0.39 is 28.0 Å². The zero-order valence-electron chi connectivity index (χ0n) is 18.7. The molecule has 174 valence electrons. The average molecular weight is 480 g/mol. The van der Waals surface area contributed by atoms with Crippen molar-refractivity contribution in [1.29, 1.82) is 0 Å². The van der Waals surface area contributed by atoms with Crippen LogP contribution in [0.4, 0.5) is 10.5 Å². The van der Waals surface area contributed by atoms with Crippen molar-refractivity contribution in [1.82, 2.24) is 5.32 Å². The van der Waals surface area contributed by atoms with Crippen LogP contribution in [0.15, 0.2) is 52.2 Å². The third-order valence-corrected chi connectivity index (χ3v) is 5.40. The fourth-order valence-corrected chi connectivity index (χ4v) is 3.90. The first-order valence-corrected chi connectivity index (χ1v) is 12.3. The fourth-order valence-electron chi connectivity index (χ4n) is 2.82. The molecule has 3 N–H and O–H groups in total. The molecule has 0 aliphatic rings. The molecule has 0 saturated heterocycles. The second-order valence-electron chi connectivity index (χ2n) is 8.12. The van der Waals surface area contributed by atoms with Crippen molar-refractivity contribution in [3.63, 3.8) is 0 Å². The largest absolute Gasteiger partial charge is 0.444 e. The van der Waals surface area contributed by atoms with Crippen LogP contribution in [-0.2, 0) is 21.5 Å². The van der Waals surface area contributed by atoms with Crippen LogP contribution in [0.1, 0.15) is 45.7 Å². The monoisotopic (exact) mass is 479 g/mol. The molecule has 32 heavy (non-hydrogen) atoms. The fraction of sp³-hybridized carbons (Fsp3) is 0.364. The summed E-state index contributed by atoms with van der Waals surface area (Å²) in [5.74, 6) is 0. The van der Waals surface area contributed by atoms with E-state index >= 15 is 0 Å². The van der Waals surface area contributed by atoms with Gasteiger partial charge in [-0.3, -0.25) is 14.3 Å². The highest BCUT2D eigenvalue weighted by molar-refractivity contribution is 7.87. The summed E-state index contributed by atoms with van der Waals surface area (Å²) in [5.41, 5.74) is 2.90. The van der Waals surface area contributed by atoms with Crippen molar-refractivity contribution >= 4 is 44.8 Å². The van der Waals surface area contributed by atoms with Gasteiger partial charge in [0.05, 0.1) is 17.4 Å². The summed E-state index contributed by atoms with van der Waals surface area (Å²) in [7, 11) is -4.35. The number of nitrogens with zero attached hydrogens (tertiary/aromatic N) is 1. The highest BCUT2D eigenvalue weighted by Gasteiger charge is 2.22. The maximum absolute atomic E-state index is 12.5. The molecule has 0 aliphatic carbocycles. The van der Waals surface area contributed by atoms with Crippen LogP contribution in [0.3, 0.4) is 0 Å². The predicted molar refractivity (Wildman–Crippen MR) is 130 cm³/mol. The number of allylic oxidation sites excluding steroid dienone is 1. The second-order valence-corrected chi connectivity index (χ2v) is 10.1. The Labute approximate surface area is 193 Å². The van der Waals surface area contributed by atoms with Gasteiger partial charge in [0.15, 0.2) is 0 Å². The maximum atomic E-state index is 12.5. The summed E-state index contributed by atoms with van der Waals surface area (Å²) in [6, 6.07) is 8.00. The van der Waals surface area contributed by atoms with Gasteiger partial charge in [-0.15, -0.1) is 0 Å². The SMILES string of the molecule is C/C=C(\N=C(C)[C@H](Cc1ccc(NS(=O)(=O)O)cc1)NC(=O)OC(C)(C)C)c1ccsc1. The van der Waals surface area contributed by atoms with E-state index in [1.165, 1.54) is 12.1 Å². The molecule has 0 spiro atoms. The number of carbonyl (C=O) groups is 1. The second kappa shape index (κ2) is 10.8. The predicted octanol–water partition coefficient (Wildman–Crippen LogP) is 4.92. The average Bonchev–Trinajstić information content (AvgIpc) is 3.18. The molecule has 0 saturated carbocycles. The van der Waals surface area contributed by atoms with Crippen LogP contribution in [0.2, 0.25) is 0 Å². The lowest BCUT2D eigenvalue weighted by molar-refractivity contribution is 0.0518. The number of ether oxygens (including phenoxy) is 1. The number of carbonyl (C=O) groups excluding carboxylic acids is 1. The van der Waals surface area contributed by atoms with E-state index in [1.54, 1.807) is 44.2 Å². The number of anilines is 1. The minimum Gasteiger partial charge on any atom is -0.444 e. The topological polar surface area (TPSA) is 117 Å². The molecule has 8 nitrogen and oxygen atoms in total. The number of nitrogens with one attached hydrogen (secondary N) is 2. The van der Waals surface area contributed by atoms with Crippen molar-refractivity contribution in [2.45, 2.75) is 52.7 Å². The van der Waals surface area contributed by atoms with Gasteiger partial charge in [0.1, 0.15) is 5.60 Å². The van der Waals surface area contributed by atoms with E-state index in [-0.39, 0.29) is 5.69 Å². The van der Waals surface area contributed by atoms with Gasteiger partial charge in [-0.1, -0.05) is 18.2 Å². The molecule has 1 heterocycles. The van der Waals surface area contributed by atoms with Gasteiger partial charge in [0.25, 0.3) is 0 Å². The van der Waals surface area contributed by atoms with Gasteiger partial charge in [-0.05, 0) is 70.2 Å². The zero-order chi connectivity index (χ0) is 23.9. The Morgan fingerprint density at radius 3 is 2.41 bits per heavy atom. The van der Waals surface area contributed by atoms with Gasteiger partial charge < -0.3 is 10.1 Å². The highest BCUT2D eigenvalue weighted by atomic mass is 32.2. The molecular weight excluding hydrogens is 450 g/mol. The first-order valence-electron chi connectivity index (χ1n) is 9.94. The van der Waals surface area contributed by atoms with Crippen molar-refractivity contribution < 1.29 is 22.5 Å². The summed E-state index contributed by atoms with van der Waals surface area (Å²) < 4.78 is 38.3. The molecule has 2 rings (SSSR count). The smallest absolute Gasteiger partial charge is 0.408 e. The van der Waals surface area contributed by atoms with Crippen molar-refractivity contribution in [2.24, 2.45) is 4.99 Å². The van der Waals surface area contributed by atoms with Gasteiger partial charge in [0, 0.05) is 16.7 Å². The number of amides is 1. The third kappa shape index (κ3) is 8.81. The molecule has 1 aromatic heterocycles. The lowest BCUT2D eigenvalue weighted by Gasteiger charge is -2.24. The van der Waals surface area contributed by atoms with E-state index in [9.17, 15) is 13.2 Å². The van der Waals surface area contributed by atoms with Gasteiger partial charge in [0.2, 0.25) is 0 Å². The molecule has 1 amide bonds. The van der Waals surface area contributed by atoms with Gasteiger partial charge >= 0.3 is 16.4 Å². The summed E-state index contributed by atoms with van der Waals surface area (Å²) in [5, 5.41) is 6.86. The van der Waals surface area contributed by atoms with Crippen LogP contribution in [0.5, 0.6) is 0 Å². The zero-order valence-corrected chi connectivity index (χ0v) is 20.4.